The van der Waals surface area contributed by atoms with Crippen LogP contribution < -0.4 is 5.32 Å². The molecule has 14 nitrogen and oxygen atoms in total. The van der Waals surface area contributed by atoms with Crippen molar-refractivity contribution in [1.82, 2.24) is 5.32 Å². The highest BCUT2D eigenvalue weighted by molar-refractivity contribution is 5.76. The van der Waals surface area contributed by atoms with Crippen LogP contribution >= 0.6 is 0 Å². The molecule has 14 heteroatoms. The lowest BCUT2D eigenvalue weighted by molar-refractivity contribution is -0.359. The first-order chi connectivity index (χ1) is 41.1. The zero-order chi connectivity index (χ0) is 60.9. The molecular formula is C70H109NO13. The third-order valence-corrected chi connectivity index (χ3v) is 13.9. The molecule has 2 rings (SSSR count). The smallest absolute Gasteiger partial charge is 0.220 e. The Kier molecular flexibility index (Phi) is 47.3. The monoisotopic (exact) mass is 1170 g/mol. The summed E-state index contributed by atoms with van der Waals surface area (Å²) in [6.07, 6.45) is 65.5. The number of carbonyl (C=O) groups excluding carboxylic acids is 1. The summed E-state index contributed by atoms with van der Waals surface area (Å²) in [5, 5.41) is 87.0. The van der Waals surface area contributed by atoms with Crippen molar-refractivity contribution in [2.24, 2.45) is 0 Å². The molecule has 0 radical (unpaired) electrons. The highest BCUT2D eigenvalue weighted by Crippen LogP contribution is 2.30. The van der Waals surface area contributed by atoms with Crippen molar-refractivity contribution >= 4 is 5.91 Å². The Hall–Kier alpha value is -4.65. The molecule has 0 saturated carbocycles. The van der Waals surface area contributed by atoms with E-state index in [2.05, 4.69) is 177 Å². The molecule has 472 valence electrons. The van der Waals surface area contributed by atoms with E-state index in [9.17, 15) is 45.6 Å². The van der Waals surface area contributed by atoms with E-state index in [-0.39, 0.29) is 18.9 Å². The number of hydrogen-bond acceptors (Lipinski definition) is 13. The third kappa shape index (κ3) is 37.0. The van der Waals surface area contributed by atoms with E-state index in [0.29, 0.717) is 12.8 Å². The van der Waals surface area contributed by atoms with Crippen molar-refractivity contribution in [2.45, 2.75) is 242 Å². The Labute approximate surface area is 505 Å². The minimum absolute atomic E-state index is 0.217. The molecule has 2 aliphatic heterocycles. The van der Waals surface area contributed by atoms with Crippen LogP contribution in [0.5, 0.6) is 0 Å². The van der Waals surface area contributed by atoms with Crippen molar-refractivity contribution in [1.29, 1.82) is 0 Å². The van der Waals surface area contributed by atoms with E-state index >= 15 is 0 Å². The Morgan fingerprint density at radius 2 is 0.833 bits per heavy atom. The van der Waals surface area contributed by atoms with Crippen molar-refractivity contribution in [3.05, 3.63) is 170 Å². The number of aliphatic hydroxyl groups is 8. The lowest BCUT2D eigenvalue weighted by Crippen LogP contribution is -2.65. The summed E-state index contributed by atoms with van der Waals surface area (Å²) in [5.74, 6) is -0.295. The number of unbranched alkanes of at least 4 members (excludes halogenated alkanes) is 8. The molecule has 1 amide bonds. The van der Waals surface area contributed by atoms with Gasteiger partial charge < -0.3 is 65.1 Å². The average Bonchev–Trinajstić information content (AvgIpc) is 2.58. The Bertz CT molecular complexity index is 2060. The minimum atomic E-state index is -1.80. The molecular weight excluding hydrogens is 1060 g/mol. The van der Waals surface area contributed by atoms with Crippen LogP contribution in [0.3, 0.4) is 0 Å². The number of rotatable bonds is 47. The molecule has 2 aliphatic rings. The van der Waals surface area contributed by atoms with E-state index in [1.165, 1.54) is 19.3 Å². The van der Waals surface area contributed by atoms with Crippen LogP contribution in [0, 0.1) is 0 Å². The van der Waals surface area contributed by atoms with Gasteiger partial charge in [-0.2, -0.15) is 0 Å². The van der Waals surface area contributed by atoms with Crippen molar-refractivity contribution in [3.8, 4) is 0 Å². The second-order valence-electron chi connectivity index (χ2n) is 21.1. The second-order valence-corrected chi connectivity index (χ2v) is 21.1. The van der Waals surface area contributed by atoms with Crippen LogP contribution in [0.25, 0.3) is 0 Å². The van der Waals surface area contributed by atoms with Gasteiger partial charge in [0.2, 0.25) is 5.91 Å². The van der Waals surface area contributed by atoms with Gasteiger partial charge in [0.15, 0.2) is 12.6 Å². The summed E-state index contributed by atoms with van der Waals surface area (Å²) >= 11 is 0. The number of hydrogen-bond donors (Lipinski definition) is 9. The molecule has 12 atom stereocenters. The zero-order valence-electron chi connectivity index (χ0n) is 50.8. The SMILES string of the molecule is CC/C=C\C/C=C\C/C=C\C/C=C\C/C=C\C/C=C\C/C=C\C/C=C\C/C=C\C/C=C\C/C=C\CCCCCC(=O)NC(COC1OC(CO)C(OC2OC(CO)C(O)C(O)C2O)C(O)C1O)C(O)/C=C/CC/C=C/CC/C=C/CCCCC. The van der Waals surface area contributed by atoms with Gasteiger partial charge in [-0.15, -0.1) is 0 Å². The molecule has 2 saturated heterocycles. The molecule has 0 aromatic carbocycles. The molecule has 9 N–H and O–H groups in total. The van der Waals surface area contributed by atoms with E-state index in [1.807, 2.05) is 6.08 Å². The Morgan fingerprint density at radius 3 is 1.29 bits per heavy atom. The molecule has 84 heavy (non-hydrogen) atoms. The standard InChI is InChI=1S/C70H109NO13/c1-3-5-7-9-11-13-15-17-18-19-20-21-22-23-24-25-26-27-28-29-30-31-32-33-34-35-36-37-38-39-40-42-44-46-48-50-52-54-62(75)71-58(59(74)53-51-49-47-45-43-41-16-14-12-10-8-6-4-2)57-81-69-67(80)65(78)68(61(56-73)83-69)84-70-66(79)64(77)63(76)60(55-72)82-70/h5,7,11-14,17-18,20-21,23-24,26-27,29-30,32-33,35-36,38-39,42-45,51,53,58-61,63-70,72-74,76-80H,3-4,6,8-10,15-16,19,22,25,28,31,34,37,40-41,46-50,52,54-57H2,1-2H3,(H,71,75)/b7-5-,13-11-,14-12+,18-17-,21-20-,24-23-,27-26-,30-29-,33-32-,36-35-,39-38-,44-42-,45-43+,53-51+. The van der Waals surface area contributed by atoms with Gasteiger partial charge in [-0.25, -0.2) is 0 Å². The fraction of sp³-hybridized carbons (Fsp3) is 0.586. The predicted molar refractivity (Wildman–Crippen MR) is 340 cm³/mol. The summed E-state index contributed by atoms with van der Waals surface area (Å²) < 4.78 is 22.7. The fourth-order valence-electron chi connectivity index (χ4n) is 8.85. The van der Waals surface area contributed by atoms with Gasteiger partial charge in [-0.1, -0.05) is 203 Å². The number of carbonyl (C=O) groups is 1. The van der Waals surface area contributed by atoms with E-state index in [0.717, 1.165) is 116 Å². The van der Waals surface area contributed by atoms with Gasteiger partial charge >= 0.3 is 0 Å². The van der Waals surface area contributed by atoms with Crippen LogP contribution in [0.15, 0.2) is 170 Å². The molecule has 2 fully saturated rings. The minimum Gasteiger partial charge on any atom is -0.394 e. The van der Waals surface area contributed by atoms with Gasteiger partial charge in [0, 0.05) is 6.42 Å². The number of nitrogens with one attached hydrogen (secondary N) is 1. The maximum atomic E-state index is 13.2. The van der Waals surface area contributed by atoms with Gasteiger partial charge in [0.1, 0.15) is 48.8 Å². The lowest BCUT2D eigenvalue weighted by atomic mass is 9.97. The van der Waals surface area contributed by atoms with E-state index in [1.54, 1.807) is 6.08 Å². The van der Waals surface area contributed by atoms with Crippen LogP contribution in [-0.2, 0) is 23.7 Å². The quantitative estimate of drug-likeness (QED) is 0.0204. The Morgan fingerprint density at radius 1 is 0.440 bits per heavy atom. The molecule has 0 spiro atoms. The maximum Gasteiger partial charge on any atom is 0.220 e. The maximum absolute atomic E-state index is 13.2. The molecule has 2 heterocycles. The lowest BCUT2D eigenvalue weighted by Gasteiger charge is -2.46. The van der Waals surface area contributed by atoms with Crippen LogP contribution in [0.4, 0.5) is 0 Å². The summed E-state index contributed by atoms with van der Waals surface area (Å²) in [4.78, 5) is 13.2. The number of aliphatic hydroxyl groups excluding tert-OH is 8. The van der Waals surface area contributed by atoms with Crippen LogP contribution in [0.2, 0.25) is 0 Å². The van der Waals surface area contributed by atoms with Gasteiger partial charge in [-0.3, -0.25) is 4.79 Å². The topological polar surface area (TPSA) is 228 Å². The largest absolute Gasteiger partial charge is 0.394 e. The summed E-state index contributed by atoms with van der Waals surface area (Å²) in [5.41, 5.74) is 0. The van der Waals surface area contributed by atoms with E-state index in [4.69, 9.17) is 18.9 Å². The summed E-state index contributed by atoms with van der Waals surface area (Å²) in [6, 6.07) is -0.969. The average molecular weight is 1170 g/mol. The van der Waals surface area contributed by atoms with Crippen molar-refractivity contribution in [3.63, 3.8) is 0 Å². The highest BCUT2D eigenvalue weighted by Gasteiger charge is 2.51. The summed E-state index contributed by atoms with van der Waals surface area (Å²) in [7, 11) is 0. The summed E-state index contributed by atoms with van der Waals surface area (Å²) in [6.45, 7) is 2.56. The fourth-order valence-corrected chi connectivity index (χ4v) is 8.85. The number of ether oxygens (including phenoxy) is 4. The van der Waals surface area contributed by atoms with Crippen molar-refractivity contribution in [2.75, 3.05) is 19.8 Å². The first-order valence-electron chi connectivity index (χ1n) is 31.4. The molecule has 0 aromatic heterocycles. The number of amides is 1. The zero-order valence-corrected chi connectivity index (χ0v) is 50.8. The third-order valence-electron chi connectivity index (χ3n) is 13.9. The number of allylic oxidation sites excluding steroid dienone is 27. The van der Waals surface area contributed by atoms with Crippen molar-refractivity contribution < 1.29 is 64.6 Å². The predicted octanol–water partition coefficient (Wildman–Crippen LogP) is 11.7. The van der Waals surface area contributed by atoms with Crippen LogP contribution in [0.1, 0.15) is 168 Å². The highest BCUT2D eigenvalue weighted by atomic mass is 16.7. The Balaban J connectivity index is 1.70. The van der Waals surface area contributed by atoms with Gasteiger partial charge in [0.25, 0.3) is 0 Å². The normalized spacial score (nSPS) is 24.9. The van der Waals surface area contributed by atoms with Gasteiger partial charge in [-0.05, 0) is 128 Å². The first-order valence-corrected chi connectivity index (χ1v) is 31.4. The molecule has 0 aromatic rings. The van der Waals surface area contributed by atoms with Gasteiger partial charge in [0.05, 0.1) is 32.0 Å². The molecule has 0 bridgehead atoms. The first kappa shape index (κ1) is 75.4. The second kappa shape index (κ2) is 52.7. The van der Waals surface area contributed by atoms with E-state index < -0.39 is 86.8 Å². The molecule has 0 aliphatic carbocycles. The van der Waals surface area contributed by atoms with Crippen LogP contribution in [-0.4, -0.2) is 140 Å². The molecule has 12 unspecified atom stereocenters.